The van der Waals surface area contributed by atoms with Crippen molar-refractivity contribution in [3.63, 3.8) is 0 Å². The first-order valence-corrected chi connectivity index (χ1v) is 7.40. The number of carbonyl (C=O) groups is 2. The quantitative estimate of drug-likeness (QED) is 0.939. The summed E-state index contributed by atoms with van der Waals surface area (Å²) < 4.78 is 13.0. The van der Waals surface area contributed by atoms with Gasteiger partial charge in [0.1, 0.15) is 11.9 Å². The number of carbonyl (C=O) groups excluding carboxylic acids is 2. The molecule has 0 spiro atoms. The lowest BCUT2D eigenvalue weighted by atomic mass is 10.2. The zero-order valence-corrected chi connectivity index (χ0v) is 12.4. The van der Waals surface area contributed by atoms with Gasteiger partial charge < -0.3 is 5.32 Å². The Labute approximate surface area is 133 Å². The Morgan fingerprint density at radius 3 is 2.74 bits per heavy atom. The van der Waals surface area contributed by atoms with E-state index in [4.69, 9.17) is 0 Å². The molecule has 2 aromatic rings. The van der Waals surface area contributed by atoms with Crippen molar-refractivity contribution in [1.29, 1.82) is 0 Å². The number of nitrogens with one attached hydrogen (secondary N) is 1. The Hall–Kier alpha value is -2.76. The summed E-state index contributed by atoms with van der Waals surface area (Å²) in [5, 5.41) is 2.80. The molecule has 1 atom stereocenters. The monoisotopic (exact) mass is 313 g/mol. The van der Waals surface area contributed by atoms with Crippen LogP contribution in [0.15, 0.2) is 48.7 Å². The average Bonchev–Trinajstić information content (AvgIpc) is 2.96. The fraction of sp³-hybridized carbons (Fsp3) is 0.235. The Kier molecular flexibility index (Phi) is 4.32. The number of nitrogens with zero attached hydrogens (tertiary/aromatic N) is 2. The van der Waals surface area contributed by atoms with Gasteiger partial charge in [-0.15, -0.1) is 0 Å². The fourth-order valence-corrected chi connectivity index (χ4v) is 2.66. The minimum absolute atomic E-state index is 0.130. The maximum Gasteiger partial charge on any atom is 0.243 e. The van der Waals surface area contributed by atoms with E-state index in [-0.39, 0.29) is 17.6 Å². The highest BCUT2D eigenvalue weighted by Gasteiger charge is 2.36. The van der Waals surface area contributed by atoms with Crippen molar-refractivity contribution >= 4 is 17.5 Å². The van der Waals surface area contributed by atoms with Gasteiger partial charge in [-0.3, -0.25) is 19.5 Å². The lowest BCUT2D eigenvalue weighted by Gasteiger charge is -2.24. The predicted molar refractivity (Wildman–Crippen MR) is 83.0 cm³/mol. The van der Waals surface area contributed by atoms with Crippen LogP contribution in [0.2, 0.25) is 0 Å². The SMILES string of the molecule is O=C(NCc1ccccn1)C1CCC(=O)N1c1ccc(F)cc1. The smallest absolute Gasteiger partial charge is 0.243 e. The zero-order valence-electron chi connectivity index (χ0n) is 12.4. The minimum Gasteiger partial charge on any atom is -0.349 e. The summed E-state index contributed by atoms with van der Waals surface area (Å²) in [5.74, 6) is -0.739. The molecule has 3 rings (SSSR count). The number of anilines is 1. The number of pyridine rings is 1. The van der Waals surface area contributed by atoms with E-state index in [1.807, 2.05) is 12.1 Å². The van der Waals surface area contributed by atoms with E-state index in [0.717, 1.165) is 5.69 Å². The van der Waals surface area contributed by atoms with Crippen molar-refractivity contribution < 1.29 is 14.0 Å². The van der Waals surface area contributed by atoms with Gasteiger partial charge >= 0.3 is 0 Å². The largest absolute Gasteiger partial charge is 0.349 e. The summed E-state index contributed by atoms with van der Waals surface area (Å²) in [4.78, 5) is 30.1. The molecule has 2 amide bonds. The maximum absolute atomic E-state index is 13.0. The van der Waals surface area contributed by atoms with E-state index >= 15 is 0 Å². The number of halogens is 1. The molecule has 1 aromatic heterocycles. The second-order valence-corrected chi connectivity index (χ2v) is 5.33. The van der Waals surface area contributed by atoms with Crippen molar-refractivity contribution in [2.75, 3.05) is 4.90 Å². The molecule has 23 heavy (non-hydrogen) atoms. The molecule has 1 aromatic carbocycles. The van der Waals surface area contributed by atoms with Crippen LogP contribution in [0.1, 0.15) is 18.5 Å². The normalized spacial score (nSPS) is 17.3. The summed E-state index contributed by atoms with van der Waals surface area (Å²) in [6, 6.07) is 10.5. The molecular formula is C17H16FN3O2. The third-order valence-corrected chi connectivity index (χ3v) is 3.79. The molecular weight excluding hydrogens is 297 g/mol. The van der Waals surface area contributed by atoms with Crippen LogP contribution in [0.3, 0.4) is 0 Å². The molecule has 0 radical (unpaired) electrons. The van der Waals surface area contributed by atoms with Crippen LogP contribution in [-0.2, 0) is 16.1 Å². The molecule has 1 aliphatic rings. The van der Waals surface area contributed by atoms with E-state index in [9.17, 15) is 14.0 Å². The van der Waals surface area contributed by atoms with Gasteiger partial charge in [0, 0.05) is 18.3 Å². The van der Waals surface area contributed by atoms with Crippen LogP contribution < -0.4 is 10.2 Å². The maximum atomic E-state index is 13.0. The average molecular weight is 313 g/mol. The van der Waals surface area contributed by atoms with Crippen LogP contribution in [0, 0.1) is 5.82 Å². The van der Waals surface area contributed by atoms with Crippen molar-refractivity contribution in [2.45, 2.75) is 25.4 Å². The topological polar surface area (TPSA) is 62.3 Å². The number of hydrogen-bond donors (Lipinski definition) is 1. The molecule has 2 heterocycles. The number of hydrogen-bond acceptors (Lipinski definition) is 3. The van der Waals surface area contributed by atoms with Gasteiger partial charge in [-0.05, 0) is 42.8 Å². The number of benzene rings is 1. The predicted octanol–water partition coefficient (Wildman–Crippen LogP) is 2.03. The molecule has 1 fully saturated rings. The Bertz CT molecular complexity index is 704. The summed E-state index contributed by atoms with van der Waals surface area (Å²) in [7, 11) is 0. The van der Waals surface area contributed by atoms with Gasteiger partial charge in [-0.25, -0.2) is 4.39 Å². The van der Waals surface area contributed by atoms with Gasteiger partial charge in [0.15, 0.2) is 0 Å². The first kappa shape index (κ1) is 15.1. The Morgan fingerprint density at radius 2 is 2.04 bits per heavy atom. The molecule has 1 aliphatic heterocycles. The molecule has 1 saturated heterocycles. The first-order chi connectivity index (χ1) is 11.1. The molecule has 0 bridgehead atoms. The number of aromatic nitrogens is 1. The molecule has 6 heteroatoms. The van der Waals surface area contributed by atoms with E-state index in [1.165, 1.54) is 29.2 Å². The lowest BCUT2D eigenvalue weighted by Crippen LogP contribution is -2.44. The molecule has 0 aliphatic carbocycles. The first-order valence-electron chi connectivity index (χ1n) is 7.40. The van der Waals surface area contributed by atoms with Gasteiger partial charge in [-0.1, -0.05) is 6.07 Å². The zero-order chi connectivity index (χ0) is 16.2. The third kappa shape index (κ3) is 3.36. The molecule has 1 unspecified atom stereocenters. The molecule has 118 valence electrons. The van der Waals surface area contributed by atoms with Crippen molar-refractivity contribution in [3.05, 3.63) is 60.2 Å². The highest BCUT2D eigenvalue weighted by Crippen LogP contribution is 2.27. The van der Waals surface area contributed by atoms with Crippen LogP contribution in [-0.4, -0.2) is 22.8 Å². The fourth-order valence-electron chi connectivity index (χ4n) is 2.66. The molecule has 0 saturated carbocycles. The minimum atomic E-state index is -0.573. The van der Waals surface area contributed by atoms with E-state index < -0.39 is 6.04 Å². The van der Waals surface area contributed by atoms with E-state index in [0.29, 0.717) is 25.1 Å². The second kappa shape index (κ2) is 6.56. The van der Waals surface area contributed by atoms with Crippen LogP contribution in [0.4, 0.5) is 10.1 Å². The van der Waals surface area contributed by atoms with Gasteiger partial charge in [0.05, 0.1) is 12.2 Å². The number of rotatable bonds is 4. The van der Waals surface area contributed by atoms with Crippen molar-refractivity contribution in [1.82, 2.24) is 10.3 Å². The summed E-state index contributed by atoms with van der Waals surface area (Å²) in [6.45, 7) is 0.307. The van der Waals surface area contributed by atoms with E-state index in [1.54, 1.807) is 12.3 Å². The lowest BCUT2D eigenvalue weighted by molar-refractivity contribution is -0.124. The molecule has 1 N–H and O–H groups in total. The van der Waals surface area contributed by atoms with Gasteiger partial charge in [0.2, 0.25) is 11.8 Å². The number of amides is 2. The summed E-state index contributed by atoms with van der Waals surface area (Å²) >= 11 is 0. The Balaban J connectivity index is 1.71. The van der Waals surface area contributed by atoms with E-state index in [2.05, 4.69) is 10.3 Å². The molecule has 5 nitrogen and oxygen atoms in total. The van der Waals surface area contributed by atoms with Crippen molar-refractivity contribution in [3.8, 4) is 0 Å². The highest BCUT2D eigenvalue weighted by molar-refractivity contribution is 6.03. The summed E-state index contributed by atoms with van der Waals surface area (Å²) in [6.07, 6.45) is 2.41. The van der Waals surface area contributed by atoms with Crippen LogP contribution in [0.25, 0.3) is 0 Å². The third-order valence-electron chi connectivity index (χ3n) is 3.79. The highest BCUT2D eigenvalue weighted by atomic mass is 19.1. The summed E-state index contributed by atoms with van der Waals surface area (Å²) in [5.41, 5.74) is 1.28. The van der Waals surface area contributed by atoms with Crippen molar-refractivity contribution in [2.24, 2.45) is 0 Å². The standard InChI is InChI=1S/C17H16FN3O2/c18-12-4-6-14(7-5-12)21-15(8-9-16(21)22)17(23)20-11-13-3-1-2-10-19-13/h1-7,10,15H,8-9,11H2,(H,20,23). The van der Waals surface area contributed by atoms with Gasteiger partial charge in [-0.2, -0.15) is 0 Å². The van der Waals surface area contributed by atoms with Crippen LogP contribution >= 0.6 is 0 Å². The van der Waals surface area contributed by atoms with Crippen LogP contribution in [0.5, 0.6) is 0 Å². The Morgan fingerprint density at radius 1 is 1.26 bits per heavy atom. The second-order valence-electron chi connectivity index (χ2n) is 5.33. The van der Waals surface area contributed by atoms with Gasteiger partial charge in [0.25, 0.3) is 0 Å².